The molecule has 0 unspecified atom stereocenters. The maximum Gasteiger partial charge on any atom is 0.316 e. The maximum atomic E-state index is 13.0. The number of hydrogen-bond acceptors (Lipinski definition) is 4. The monoisotopic (exact) mass is 263 g/mol. The Morgan fingerprint density at radius 1 is 1.62 bits per heavy atom. The highest BCUT2D eigenvalue weighted by Crippen LogP contribution is 2.30. The van der Waals surface area contributed by atoms with Gasteiger partial charge in [0.1, 0.15) is 5.82 Å². The molecule has 3 nitrogen and oxygen atoms in total. The molecule has 0 saturated heterocycles. The van der Waals surface area contributed by atoms with Crippen LogP contribution in [-0.2, 0) is 9.53 Å². The fourth-order valence-corrected chi connectivity index (χ4v) is 2.02. The summed E-state index contributed by atoms with van der Waals surface area (Å²) in [6.45, 7) is 2.06. The first-order valence-electron chi connectivity index (χ1n) is 4.57. The second kappa shape index (κ2) is 5.96. The molecule has 0 bridgehead atoms. The highest BCUT2D eigenvalue weighted by molar-refractivity contribution is 8.00. The lowest BCUT2D eigenvalue weighted by molar-refractivity contribution is -0.139. The van der Waals surface area contributed by atoms with Crippen LogP contribution in [0.4, 0.5) is 10.1 Å². The van der Waals surface area contributed by atoms with Crippen LogP contribution in [0.5, 0.6) is 0 Å². The molecule has 0 spiro atoms. The van der Waals surface area contributed by atoms with Gasteiger partial charge in [0.15, 0.2) is 0 Å². The number of thioether (sulfide) groups is 1. The number of carbonyl (C=O) groups excluding carboxylic acids is 1. The summed E-state index contributed by atoms with van der Waals surface area (Å²) in [7, 11) is 0. The molecule has 0 saturated carbocycles. The first-order valence-corrected chi connectivity index (χ1v) is 5.94. The van der Waals surface area contributed by atoms with Gasteiger partial charge in [-0.25, -0.2) is 4.39 Å². The standard InChI is InChI=1S/C10H11ClFNO2S/c1-2-15-10(14)5-16-9-3-6(11)7(12)4-8(9)13/h3-4H,2,5,13H2,1H3. The number of halogens is 2. The topological polar surface area (TPSA) is 52.3 Å². The van der Waals surface area contributed by atoms with E-state index < -0.39 is 5.82 Å². The molecule has 16 heavy (non-hydrogen) atoms. The molecule has 0 amide bonds. The smallest absolute Gasteiger partial charge is 0.316 e. The van der Waals surface area contributed by atoms with E-state index in [0.29, 0.717) is 11.5 Å². The largest absolute Gasteiger partial charge is 0.465 e. The van der Waals surface area contributed by atoms with Gasteiger partial charge in [-0.15, -0.1) is 11.8 Å². The molecule has 1 rings (SSSR count). The third-order valence-corrected chi connectivity index (χ3v) is 3.04. The van der Waals surface area contributed by atoms with Gasteiger partial charge < -0.3 is 10.5 Å². The van der Waals surface area contributed by atoms with E-state index in [1.807, 2.05) is 0 Å². The number of ether oxygens (including phenoxy) is 1. The van der Waals surface area contributed by atoms with Crippen molar-refractivity contribution < 1.29 is 13.9 Å². The Morgan fingerprint density at radius 3 is 2.94 bits per heavy atom. The summed E-state index contributed by atoms with van der Waals surface area (Å²) in [4.78, 5) is 11.7. The summed E-state index contributed by atoms with van der Waals surface area (Å²) in [5.41, 5.74) is 5.84. The van der Waals surface area contributed by atoms with Gasteiger partial charge in [-0.3, -0.25) is 4.79 Å². The number of nitrogens with two attached hydrogens (primary N) is 1. The molecule has 0 atom stereocenters. The van der Waals surface area contributed by atoms with E-state index in [4.69, 9.17) is 22.1 Å². The third kappa shape index (κ3) is 3.57. The van der Waals surface area contributed by atoms with E-state index in [2.05, 4.69) is 0 Å². The van der Waals surface area contributed by atoms with E-state index in [0.717, 1.165) is 6.07 Å². The second-order valence-corrected chi connectivity index (χ2v) is 4.32. The van der Waals surface area contributed by atoms with Crippen LogP contribution < -0.4 is 5.73 Å². The molecule has 1 aromatic carbocycles. The van der Waals surface area contributed by atoms with Crippen LogP contribution in [0.2, 0.25) is 5.02 Å². The van der Waals surface area contributed by atoms with Crippen molar-refractivity contribution in [2.75, 3.05) is 18.1 Å². The van der Waals surface area contributed by atoms with Crippen LogP contribution >= 0.6 is 23.4 Å². The van der Waals surface area contributed by atoms with Crippen molar-refractivity contribution >= 4 is 35.0 Å². The van der Waals surface area contributed by atoms with Crippen LogP contribution in [0.1, 0.15) is 6.92 Å². The zero-order chi connectivity index (χ0) is 12.1. The van der Waals surface area contributed by atoms with Crippen molar-refractivity contribution in [3.8, 4) is 0 Å². The zero-order valence-corrected chi connectivity index (χ0v) is 10.2. The molecule has 0 aliphatic rings. The molecule has 0 heterocycles. The Morgan fingerprint density at radius 2 is 2.31 bits per heavy atom. The van der Waals surface area contributed by atoms with Gasteiger partial charge in [-0.2, -0.15) is 0 Å². The normalized spacial score (nSPS) is 10.2. The van der Waals surface area contributed by atoms with Gasteiger partial charge in [-0.05, 0) is 19.1 Å². The predicted octanol–water partition coefficient (Wildman–Crippen LogP) is 2.72. The SMILES string of the molecule is CCOC(=O)CSc1cc(Cl)c(F)cc1N. The fraction of sp³-hybridized carbons (Fsp3) is 0.300. The Kier molecular flexibility index (Phi) is 4.89. The van der Waals surface area contributed by atoms with Crippen molar-refractivity contribution in [3.05, 3.63) is 23.0 Å². The van der Waals surface area contributed by atoms with Crippen LogP contribution in [0.3, 0.4) is 0 Å². The molecule has 0 aliphatic carbocycles. The highest BCUT2D eigenvalue weighted by Gasteiger charge is 2.09. The van der Waals surface area contributed by atoms with Crippen molar-refractivity contribution in [1.29, 1.82) is 0 Å². The molecule has 0 radical (unpaired) electrons. The number of benzene rings is 1. The summed E-state index contributed by atoms with van der Waals surface area (Å²) in [5.74, 6) is -0.785. The Labute approximate surface area is 102 Å². The number of nitrogen functional groups attached to an aromatic ring is 1. The minimum atomic E-state index is -0.570. The Hall–Kier alpha value is -0.940. The molecule has 88 valence electrons. The molecular weight excluding hydrogens is 253 g/mol. The Bertz CT molecular complexity index is 401. The van der Waals surface area contributed by atoms with Gasteiger partial charge in [0.25, 0.3) is 0 Å². The average Bonchev–Trinajstić information content (AvgIpc) is 2.22. The van der Waals surface area contributed by atoms with Crippen molar-refractivity contribution in [2.45, 2.75) is 11.8 Å². The molecule has 0 aliphatic heterocycles. The number of hydrogen-bond donors (Lipinski definition) is 1. The second-order valence-electron chi connectivity index (χ2n) is 2.90. The molecular formula is C10H11ClFNO2S. The molecule has 2 N–H and O–H groups in total. The summed E-state index contributed by atoms with van der Waals surface area (Å²) in [6.07, 6.45) is 0. The lowest BCUT2D eigenvalue weighted by Crippen LogP contribution is -2.06. The van der Waals surface area contributed by atoms with E-state index in [-0.39, 0.29) is 22.4 Å². The van der Waals surface area contributed by atoms with Crippen LogP contribution in [0.15, 0.2) is 17.0 Å². The van der Waals surface area contributed by atoms with E-state index in [1.165, 1.54) is 17.8 Å². The number of anilines is 1. The van der Waals surface area contributed by atoms with Crippen molar-refractivity contribution in [1.82, 2.24) is 0 Å². The van der Waals surface area contributed by atoms with Crippen LogP contribution in [0, 0.1) is 5.82 Å². The fourth-order valence-electron chi connectivity index (χ4n) is 1.01. The van der Waals surface area contributed by atoms with Crippen LogP contribution in [0.25, 0.3) is 0 Å². The lowest BCUT2D eigenvalue weighted by atomic mass is 10.3. The Balaban J connectivity index is 2.67. The van der Waals surface area contributed by atoms with Crippen LogP contribution in [-0.4, -0.2) is 18.3 Å². The van der Waals surface area contributed by atoms with Gasteiger partial charge in [0.2, 0.25) is 0 Å². The van der Waals surface area contributed by atoms with Gasteiger partial charge in [-0.1, -0.05) is 11.6 Å². The quantitative estimate of drug-likeness (QED) is 0.516. The average molecular weight is 264 g/mol. The minimum Gasteiger partial charge on any atom is -0.465 e. The third-order valence-electron chi connectivity index (χ3n) is 1.70. The van der Waals surface area contributed by atoms with E-state index >= 15 is 0 Å². The predicted molar refractivity (Wildman–Crippen MR) is 63.2 cm³/mol. The van der Waals surface area contributed by atoms with Gasteiger partial charge >= 0.3 is 5.97 Å². The minimum absolute atomic E-state index is 0.0134. The van der Waals surface area contributed by atoms with Crippen molar-refractivity contribution in [3.63, 3.8) is 0 Å². The first-order chi connectivity index (χ1) is 7.54. The highest BCUT2D eigenvalue weighted by atomic mass is 35.5. The maximum absolute atomic E-state index is 13.0. The van der Waals surface area contributed by atoms with Gasteiger partial charge in [0.05, 0.1) is 17.4 Å². The number of esters is 1. The summed E-state index contributed by atoms with van der Waals surface area (Å²) < 4.78 is 17.7. The molecule has 0 fully saturated rings. The van der Waals surface area contributed by atoms with E-state index in [1.54, 1.807) is 6.92 Å². The van der Waals surface area contributed by atoms with E-state index in [9.17, 15) is 9.18 Å². The first kappa shape index (κ1) is 13.1. The van der Waals surface area contributed by atoms with Gasteiger partial charge in [0, 0.05) is 10.6 Å². The lowest BCUT2D eigenvalue weighted by Gasteiger charge is -2.06. The number of rotatable bonds is 4. The zero-order valence-electron chi connectivity index (χ0n) is 8.63. The molecule has 0 aromatic heterocycles. The van der Waals surface area contributed by atoms with Crippen molar-refractivity contribution in [2.24, 2.45) is 0 Å². The molecule has 1 aromatic rings. The summed E-state index contributed by atoms with van der Waals surface area (Å²) in [6, 6.07) is 2.53. The number of carbonyl (C=O) groups is 1. The molecule has 6 heteroatoms. The summed E-state index contributed by atoms with van der Waals surface area (Å²) in [5, 5.41) is -0.0134. The summed E-state index contributed by atoms with van der Waals surface area (Å²) >= 11 is 6.77.